The van der Waals surface area contributed by atoms with E-state index in [1.54, 1.807) is 18.2 Å². The van der Waals surface area contributed by atoms with Gasteiger partial charge in [0.2, 0.25) is 0 Å². The fourth-order valence-electron chi connectivity index (χ4n) is 1.38. The number of rotatable bonds is 3. The number of anilines is 1. The molecule has 0 aliphatic rings. The van der Waals surface area contributed by atoms with E-state index in [-0.39, 0.29) is 10.7 Å². The summed E-state index contributed by atoms with van der Waals surface area (Å²) in [7, 11) is 0. The number of nitrogens with two attached hydrogens (primary N) is 1. The molecule has 1 aromatic heterocycles. The van der Waals surface area contributed by atoms with Crippen LogP contribution in [0.15, 0.2) is 30.3 Å². The van der Waals surface area contributed by atoms with Crippen LogP contribution < -0.4 is 11.3 Å². The van der Waals surface area contributed by atoms with Gasteiger partial charge in [-0.25, -0.2) is 5.84 Å². The summed E-state index contributed by atoms with van der Waals surface area (Å²) < 4.78 is 0. The Labute approximate surface area is 107 Å². The highest BCUT2D eigenvalue weighted by atomic mass is 35.5. The number of nitro groups is 1. The number of nitrogens with zero attached hydrogens (tertiary/aromatic N) is 3. The number of hydrogen-bond donors (Lipinski definition) is 2. The van der Waals surface area contributed by atoms with E-state index in [1.807, 2.05) is 0 Å². The molecule has 0 fully saturated rings. The second-order valence-corrected chi connectivity index (χ2v) is 3.78. The Morgan fingerprint density at radius 3 is 2.61 bits per heavy atom. The minimum atomic E-state index is -0.547. The predicted octanol–water partition coefficient (Wildman–Crippen LogP) is 1.99. The molecule has 92 valence electrons. The van der Waals surface area contributed by atoms with Gasteiger partial charge in [-0.1, -0.05) is 17.7 Å². The summed E-state index contributed by atoms with van der Waals surface area (Å²) in [6.07, 6.45) is 0. The zero-order valence-electron chi connectivity index (χ0n) is 9.00. The number of hydrazine groups is 1. The van der Waals surface area contributed by atoms with E-state index < -0.39 is 4.92 Å². The van der Waals surface area contributed by atoms with Gasteiger partial charge in [0.1, 0.15) is 5.02 Å². The third-order valence-electron chi connectivity index (χ3n) is 2.25. The van der Waals surface area contributed by atoms with Crippen molar-refractivity contribution in [3.63, 3.8) is 0 Å². The highest BCUT2D eigenvalue weighted by Crippen LogP contribution is 2.29. The fraction of sp³-hybridized carbons (Fsp3) is 0. The van der Waals surface area contributed by atoms with Gasteiger partial charge in [-0.15, -0.1) is 10.2 Å². The van der Waals surface area contributed by atoms with Crippen molar-refractivity contribution in [3.8, 4) is 11.3 Å². The summed E-state index contributed by atoms with van der Waals surface area (Å²) in [4.78, 5) is 10.2. The molecule has 0 atom stereocenters. The summed E-state index contributed by atoms with van der Waals surface area (Å²) in [5.74, 6) is 5.57. The molecule has 1 aromatic carbocycles. The largest absolute Gasteiger partial charge is 0.307 e. The number of nitrogen functional groups attached to an aromatic ring is 1. The molecular formula is C10H8ClN5O2. The van der Waals surface area contributed by atoms with Crippen LogP contribution in [-0.2, 0) is 0 Å². The third kappa shape index (κ3) is 2.36. The van der Waals surface area contributed by atoms with E-state index in [0.29, 0.717) is 17.1 Å². The lowest BCUT2D eigenvalue weighted by molar-refractivity contribution is -0.384. The minimum absolute atomic E-state index is 0.0805. The zero-order valence-corrected chi connectivity index (χ0v) is 9.76. The number of aromatic nitrogens is 2. The molecule has 8 heteroatoms. The lowest BCUT2D eigenvalue weighted by Crippen LogP contribution is -2.09. The van der Waals surface area contributed by atoms with E-state index in [2.05, 4.69) is 15.6 Å². The number of benzene rings is 1. The lowest BCUT2D eigenvalue weighted by atomic mass is 10.1. The van der Waals surface area contributed by atoms with Crippen LogP contribution in [0.3, 0.4) is 0 Å². The molecule has 3 N–H and O–H groups in total. The van der Waals surface area contributed by atoms with Crippen molar-refractivity contribution >= 4 is 23.1 Å². The molecular weight excluding hydrogens is 258 g/mol. The van der Waals surface area contributed by atoms with Crippen LogP contribution in [0.2, 0.25) is 5.02 Å². The highest BCUT2D eigenvalue weighted by Gasteiger charge is 2.14. The average Bonchev–Trinajstić information content (AvgIpc) is 2.39. The van der Waals surface area contributed by atoms with Crippen molar-refractivity contribution in [1.29, 1.82) is 0 Å². The predicted molar refractivity (Wildman–Crippen MR) is 66.9 cm³/mol. The monoisotopic (exact) mass is 265 g/mol. The molecule has 0 amide bonds. The molecule has 0 saturated heterocycles. The molecule has 18 heavy (non-hydrogen) atoms. The number of nitrogens with one attached hydrogen (secondary N) is 1. The molecule has 0 bridgehead atoms. The maximum absolute atomic E-state index is 10.8. The van der Waals surface area contributed by atoms with Crippen molar-refractivity contribution in [2.45, 2.75) is 0 Å². The van der Waals surface area contributed by atoms with Crippen LogP contribution in [0.5, 0.6) is 0 Å². The van der Waals surface area contributed by atoms with Crippen molar-refractivity contribution in [2.75, 3.05) is 5.43 Å². The van der Waals surface area contributed by atoms with Crippen molar-refractivity contribution in [2.24, 2.45) is 5.84 Å². The van der Waals surface area contributed by atoms with Gasteiger partial charge in [0.15, 0.2) is 5.82 Å². The van der Waals surface area contributed by atoms with E-state index in [4.69, 9.17) is 17.4 Å². The number of nitro benzene ring substituents is 1. The normalized spacial score (nSPS) is 10.1. The maximum atomic E-state index is 10.8. The molecule has 2 rings (SSSR count). The van der Waals surface area contributed by atoms with Crippen LogP contribution in [0.1, 0.15) is 0 Å². The Kier molecular flexibility index (Phi) is 3.35. The molecule has 0 saturated carbocycles. The number of halogens is 1. The van der Waals surface area contributed by atoms with Crippen LogP contribution in [0.25, 0.3) is 11.3 Å². The van der Waals surface area contributed by atoms with E-state index >= 15 is 0 Å². The summed E-state index contributed by atoms with van der Waals surface area (Å²) in [5, 5.41) is 18.5. The van der Waals surface area contributed by atoms with Gasteiger partial charge in [-0.3, -0.25) is 10.1 Å². The summed E-state index contributed by atoms with van der Waals surface area (Å²) in [6.45, 7) is 0. The minimum Gasteiger partial charge on any atom is -0.307 e. The fourth-order valence-corrected chi connectivity index (χ4v) is 1.56. The molecule has 1 heterocycles. The average molecular weight is 266 g/mol. The standard InChI is InChI=1S/C10H8ClN5O2/c11-7-2-1-6(5-9(7)16(17)18)8-3-4-10(13-12)15-14-8/h1-5H,12H2,(H,13,15). The third-order valence-corrected chi connectivity index (χ3v) is 2.57. The molecule has 0 spiro atoms. The van der Waals surface area contributed by atoms with Gasteiger partial charge in [0.25, 0.3) is 5.69 Å². The number of hydrogen-bond acceptors (Lipinski definition) is 6. The Hall–Kier alpha value is -2.25. The van der Waals surface area contributed by atoms with Crippen LogP contribution in [0.4, 0.5) is 11.5 Å². The van der Waals surface area contributed by atoms with Gasteiger partial charge in [0, 0.05) is 11.6 Å². The Bertz CT molecular complexity index is 587. The topological polar surface area (TPSA) is 107 Å². The first-order chi connectivity index (χ1) is 8.61. The van der Waals surface area contributed by atoms with Gasteiger partial charge >= 0.3 is 0 Å². The quantitative estimate of drug-likeness (QED) is 0.499. The van der Waals surface area contributed by atoms with E-state index in [9.17, 15) is 10.1 Å². The Balaban J connectivity index is 2.44. The maximum Gasteiger partial charge on any atom is 0.288 e. The smallest absolute Gasteiger partial charge is 0.288 e. The van der Waals surface area contributed by atoms with E-state index in [0.717, 1.165) is 0 Å². The summed E-state index contributed by atoms with van der Waals surface area (Å²) in [5.41, 5.74) is 3.22. The van der Waals surface area contributed by atoms with Gasteiger partial charge in [0.05, 0.1) is 10.6 Å². The van der Waals surface area contributed by atoms with Gasteiger partial charge in [-0.2, -0.15) is 0 Å². The summed E-state index contributed by atoms with van der Waals surface area (Å²) in [6, 6.07) is 7.69. The molecule has 0 radical (unpaired) electrons. The Morgan fingerprint density at radius 1 is 1.28 bits per heavy atom. The lowest BCUT2D eigenvalue weighted by Gasteiger charge is -2.02. The van der Waals surface area contributed by atoms with Gasteiger partial charge in [-0.05, 0) is 18.2 Å². The SMILES string of the molecule is NNc1ccc(-c2ccc(Cl)c([N+](=O)[O-])c2)nn1. The Morgan fingerprint density at radius 2 is 2.06 bits per heavy atom. The van der Waals surface area contributed by atoms with Crippen molar-refractivity contribution < 1.29 is 4.92 Å². The summed E-state index contributed by atoms with van der Waals surface area (Å²) >= 11 is 5.72. The van der Waals surface area contributed by atoms with Crippen molar-refractivity contribution in [3.05, 3.63) is 45.5 Å². The van der Waals surface area contributed by atoms with Crippen LogP contribution in [-0.4, -0.2) is 15.1 Å². The first-order valence-corrected chi connectivity index (χ1v) is 5.24. The van der Waals surface area contributed by atoms with Gasteiger partial charge < -0.3 is 5.43 Å². The van der Waals surface area contributed by atoms with Crippen LogP contribution >= 0.6 is 11.6 Å². The van der Waals surface area contributed by atoms with Crippen LogP contribution in [0, 0.1) is 10.1 Å². The van der Waals surface area contributed by atoms with E-state index in [1.165, 1.54) is 12.1 Å². The first-order valence-electron chi connectivity index (χ1n) is 4.86. The molecule has 0 aliphatic heterocycles. The zero-order chi connectivity index (χ0) is 13.1. The first kappa shape index (κ1) is 12.2. The van der Waals surface area contributed by atoms with Crippen molar-refractivity contribution in [1.82, 2.24) is 10.2 Å². The molecule has 2 aromatic rings. The highest BCUT2D eigenvalue weighted by molar-refractivity contribution is 6.32. The second kappa shape index (κ2) is 4.94. The second-order valence-electron chi connectivity index (χ2n) is 3.37. The molecule has 0 unspecified atom stereocenters. The molecule has 0 aliphatic carbocycles. The molecule has 7 nitrogen and oxygen atoms in total.